The van der Waals surface area contributed by atoms with E-state index in [4.69, 9.17) is 0 Å². The molecular weight excluding hydrogens is 438 g/mol. The first kappa shape index (κ1) is 20.2. The van der Waals surface area contributed by atoms with Crippen LogP contribution in [0.3, 0.4) is 0 Å². The predicted octanol–water partition coefficient (Wildman–Crippen LogP) is 3.94. The minimum atomic E-state index is -0.137. The molecule has 0 radical (unpaired) electrons. The Morgan fingerprint density at radius 1 is 1.00 bits per heavy atom. The molecule has 2 N–H and O–H groups in total. The molecule has 28 heavy (non-hydrogen) atoms. The summed E-state index contributed by atoms with van der Waals surface area (Å²) in [6.07, 6.45) is 0.453. The van der Waals surface area contributed by atoms with Crippen LogP contribution in [0.2, 0.25) is 0 Å². The molecule has 0 aliphatic carbocycles. The Balaban J connectivity index is 1.39. The number of rotatable bonds is 8. The maximum Gasteiger partial charge on any atom is 0.226 e. The van der Waals surface area contributed by atoms with Gasteiger partial charge in [0.1, 0.15) is 5.01 Å². The Labute approximate surface area is 176 Å². The van der Waals surface area contributed by atoms with E-state index in [2.05, 4.69) is 31.5 Å². The van der Waals surface area contributed by atoms with E-state index in [1.807, 2.05) is 60.0 Å². The molecule has 0 fully saturated rings. The van der Waals surface area contributed by atoms with Crippen molar-refractivity contribution in [3.63, 3.8) is 0 Å². The molecule has 7 heteroatoms. The third-order valence-corrected chi connectivity index (χ3v) is 5.41. The van der Waals surface area contributed by atoms with E-state index < -0.39 is 0 Å². The zero-order chi connectivity index (χ0) is 19.8. The van der Waals surface area contributed by atoms with E-state index in [-0.39, 0.29) is 24.7 Å². The van der Waals surface area contributed by atoms with Gasteiger partial charge in [0.15, 0.2) is 0 Å². The molecule has 2 aromatic carbocycles. The zero-order valence-corrected chi connectivity index (χ0v) is 17.6. The monoisotopic (exact) mass is 457 g/mol. The average Bonchev–Trinajstić information content (AvgIpc) is 3.15. The second-order valence-corrected chi connectivity index (χ2v) is 7.97. The fraction of sp³-hybridized carbons (Fsp3) is 0.190. The number of hydrogen-bond acceptors (Lipinski definition) is 4. The van der Waals surface area contributed by atoms with Gasteiger partial charge in [0.25, 0.3) is 0 Å². The van der Waals surface area contributed by atoms with Gasteiger partial charge in [-0.25, -0.2) is 4.98 Å². The van der Waals surface area contributed by atoms with Crippen LogP contribution in [0.1, 0.15) is 17.7 Å². The van der Waals surface area contributed by atoms with Crippen LogP contribution < -0.4 is 10.6 Å². The number of halogens is 1. The molecule has 5 nitrogen and oxygen atoms in total. The second-order valence-electron chi connectivity index (χ2n) is 6.19. The lowest BCUT2D eigenvalue weighted by atomic mass is 10.2. The Morgan fingerprint density at radius 2 is 1.82 bits per heavy atom. The van der Waals surface area contributed by atoms with Crippen LogP contribution >= 0.6 is 27.3 Å². The van der Waals surface area contributed by atoms with Crippen molar-refractivity contribution in [1.29, 1.82) is 0 Å². The summed E-state index contributed by atoms with van der Waals surface area (Å²) >= 11 is 4.96. The SMILES string of the molecule is O=C(CCNC(=O)Cc1csc(-c2cccc(Br)c2)n1)NCc1ccccc1. The Kier molecular flexibility index (Phi) is 7.33. The summed E-state index contributed by atoms with van der Waals surface area (Å²) in [6.45, 7) is 0.799. The third kappa shape index (κ3) is 6.28. The van der Waals surface area contributed by atoms with Crippen molar-refractivity contribution in [1.82, 2.24) is 15.6 Å². The number of nitrogens with zero attached hydrogens (tertiary/aromatic N) is 1. The van der Waals surface area contributed by atoms with E-state index in [9.17, 15) is 9.59 Å². The van der Waals surface area contributed by atoms with Gasteiger partial charge in [-0.3, -0.25) is 9.59 Å². The van der Waals surface area contributed by atoms with Crippen LogP contribution in [-0.4, -0.2) is 23.3 Å². The molecule has 0 bridgehead atoms. The molecule has 0 atom stereocenters. The summed E-state index contributed by atoms with van der Waals surface area (Å²) in [6, 6.07) is 17.6. The van der Waals surface area contributed by atoms with E-state index in [0.717, 1.165) is 26.3 Å². The smallest absolute Gasteiger partial charge is 0.226 e. The molecule has 3 aromatic rings. The number of nitrogens with one attached hydrogen (secondary N) is 2. The van der Waals surface area contributed by atoms with Crippen molar-refractivity contribution in [3.8, 4) is 10.6 Å². The highest BCUT2D eigenvalue weighted by Gasteiger charge is 2.10. The van der Waals surface area contributed by atoms with Gasteiger partial charge in [0.05, 0.1) is 12.1 Å². The lowest BCUT2D eigenvalue weighted by Gasteiger charge is -2.06. The molecular formula is C21H20BrN3O2S. The van der Waals surface area contributed by atoms with Crippen LogP contribution in [0.15, 0.2) is 64.5 Å². The summed E-state index contributed by atoms with van der Waals surface area (Å²) in [7, 11) is 0. The van der Waals surface area contributed by atoms with Gasteiger partial charge in [-0.05, 0) is 17.7 Å². The minimum Gasteiger partial charge on any atom is -0.355 e. The summed E-state index contributed by atoms with van der Waals surface area (Å²) in [5.74, 6) is -0.225. The number of aromatic nitrogens is 1. The van der Waals surface area contributed by atoms with Gasteiger partial charge >= 0.3 is 0 Å². The predicted molar refractivity (Wildman–Crippen MR) is 115 cm³/mol. The van der Waals surface area contributed by atoms with Crippen molar-refractivity contribution in [2.45, 2.75) is 19.4 Å². The van der Waals surface area contributed by atoms with Crippen LogP contribution in [0, 0.1) is 0 Å². The van der Waals surface area contributed by atoms with Gasteiger partial charge in [-0.1, -0.05) is 58.4 Å². The fourth-order valence-electron chi connectivity index (χ4n) is 2.57. The third-order valence-electron chi connectivity index (χ3n) is 3.97. The maximum atomic E-state index is 12.1. The van der Waals surface area contributed by atoms with Crippen molar-refractivity contribution in [2.75, 3.05) is 6.54 Å². The molecule has 3 rings (SSSR count). The molecule has 0 spiro atoms. The summed E-state index contributed by atoms with van der Waals surface area (Å²) in [5, 5.41) is 8.39. The molecule has 0 saturated carbocycles. The van der Waals surface area contributed by atoms with E-state index in [1.54, 1.807) is 0 Å². The molecule has 144 valence electrons. The van der Waals surface area contributed by atoms with Gasteiger partial charge < -0.3 is 10.6 Å². The Hall–Kier alpha value is -2.51. The van der Waals surface area contributed by atoms with Crippen LogP contribution in [0.25, 0.3) is 10.6 Å². The highest BCUT2D eigenvalue weighted by atomic mass is 79.9. The lowest BCUT2D eigenvalue weighted by molar-refractivity contribution is -0.122. The summed E-state index contributed by atoms with van der Waals surface area (Å²) < 4.78 is 0.991. The van der Waals surface area contributed by atoms with Crippen molar-refractivity contribution in [2.24, 2.45) is 0 Å². The van der Waals surface area contributed by atoms with Crippen molar-refractivity contribution >= 4 is 39.1 Å². The Bertz CT molecular complexity index is 944. The first-order chi connectivity index (χ1) is 13.6. The first-order valence-corrected chi connectivity index (χ1v) is 10.5. The fourth-order valence-corrected chi connectivity index (χ4v) is 3.79. The van der Waals surface area contributed by atoms with Crippen LogP contribution in [0.4, 0.5) is 0 Å². The average molecular weight is 458 g/mol. The molecule has 0 aliphatic heterocycles. The molecule has 0 aliphatic rings. The van der Waals surface area contributed by atoms with Gasteiger partial charge in [0.2, 0.25) is 11.8 Å². The summed E-state index contributed by atoms with van der Waals surface area (Å²) in [4.78, 5) is 28.5. The molecule has 1 heterocycles. The number of carbonyl (C=O) groups is 2. The normalized spacial score (nSPS) is 10.5. The van der Waals surface area contributed by atoms with Crippen molar-refractivity contribution in [3.05, 3.63) is 75.7 Å². The lowest BCUT2D eigenvalue weighted by Crippen LogP contribution is -2.31. The minimum absolute atomic E-state index is 0.0882. The number of carbonyl (C=O) groups excluding carboxylic acids is 2. The number of amides is 2. The van der Waals surface area contributed by atoms with Crippen molar-refractivity contribution < 1.29 is 9.59 Å². The summed E-state index contributed by atoms with van der Waals surface area (Å²) in [5.41, 5.74) is 2.79. The molecule has 2 amide bonds. The molecule has 0 saturated heterocycles. The topological polar surface area (TPSA) is 71.1 Å². The maximum absolute atomic E-state index is 12.1. The largest absolute Gasteiger partial charge is 0.355 e. The molecule has 0 unspecified atom stereocenters. The van der Waals surface area contributed by atoms with Crippen LogP contribution in [0.5, 0.6) is 0 Å². The van der Waals surface area contributed by atoms with E-state index >= 15 is 0 Å². The molecule has 1 aromatic heterocycles. The standard InChI is InChI=1S/C21H20BrN3O2S/c22-17-8-4-7-16(11-17)21-25-18(14-28-21)12-20(27)23-10-9-19(26)24-13-15-5-2-1-3-6-15/h1-8,11,14H,9-10,12-13H2,(H,23,27)(H,24,26). The second kappa shape index (κ2) is 10.1. The van der Waals surface area contributed by atoms with Gasteiger partial charge in [0, 0.05) is 34.9 Å². The zero-order valence-electron chi connectivity index (χ0n) is 15.2. The number of thiazole rings is 1. The highest BCUT2D eigenvalue weighted by molar-refractivity contribution is 9.10. The van der Waals surface area contributed by atoms with E-state index in [1.165, 1.54) is 11.3 Å². The number of benzene rings is 2. The van der Waals surface area contributed by atoms with E-state index in [0.29, 0.717) is 13.1 Å². The van der Waals surface area contributed by atoms with Gasteiger partial charge in [-0.2, -0.15) is 0 Å². The number of hydrogen-bond donors (Lipinski definition) is 2. The van der Waals surface area contributed by atoms with Crippen LogP contribution in [-0.2, 0) is 22.6 Å². The Morgan fingerprint density at radius 3 is 2.61 bits per heavy atom. The quantitative estimate of drug-likeness (QED) is 0.537. The highest BCUT2D eigenvalue weighted by Crippen LogP contribution is 2.26. The first-order valence-electron chi connectivity index (χ1n) is 8.88. The van der Waals surface area contributed by atoms with Gasteiger partial charge in [-0.15, -0.1) is 11.3 Å².